The number of pyridine rings is 1. The number of likely N-dealkylation sites (tertiary alicyclic amines) is 1. The molecule has 0 saturated carbocycles. The smallest absolute Gasteiger partial charge is 0.327 e. The second-order valence-electron chi connectivity index (χ2n) is 7.56. The summed E-state index contributed by atoms with van der Waals surface area (Å²) in [6.07, 6.45) is 2.91. The van der Waals surface area contributed by atoms with Gasteiger partial charge in [0.15, 0.2) is 0 Å². The first kappa shape index (κ1) is 18.4. The van der Waals surface area contributed by atoms with Gasteiger partial charge in [0.25, 0.3) is 5.91 Å². The van der Waals surface area contributed by atoms with E-state index in [-0.39, 0.29) is 30.2 Å². The molecule has 0 unspecified atom stereocenters. The van der Waals surface area contributed by atoms with Gasteiger partial charge >= 0.3 is 6.03 Å². The molecule has 7 nitrogen and oxygen atoms in total. The van der Waals surface area contributed by atoms with Gasteiger partial charge in [-0.25, -0.2) is 4.79 Å². The minimum atomic E-state index is -0.794. The van der Waals surface area contributed by atoms with Crippen LogP contribution in [0.5, 0.6) is 0 Å². The van der Waals surface area contributed by atoms with Crippen molar-refractivity contribution < 1.29 is 14.4 Å². The molecule has 2 saturated heterocycles. The van der Waals surface area contributed by atoms with Crippen molar-refractivity contribution in [3.8, 4) is 0 Å². The highest BCUT2D eigenvalue weighted by molar-refractivity contribution is 6.07. The Labute approximate surface area is 154 Å². The van der Waals surface area contributed by atoms with Crippen molar-refractivity contribution in [3.63, 3.8) is 0 Å². The second-order valence-corrected chi connectivity index (χ2v) is 7.56. The summed E-state index contributed by atoms with van der Waals surface area (Å²) in [7, 11) is 1.55. The topological polar surface area (TPSA) is 73.8 Å². The van der Waals surface area contributed by atoms with Gasteiger partial charge in [-0.1, -0.05) is 19.9 Å². The Hall–Kier alpha value is -2.44. The van der Waals surface area contributed by atoms with Crippen molar-refractivity contribution in [2.45, 2.75) is 38.6 Å². The average molecular weight is 358 g/mol. The van der Waals surface area contributed by atoms with E-state index in [0.29, 0.717) is 32.5 Å². The van der Waals surface area contributed by atoms with E-state index < -0.39 is 5.54 Å². The number of imide groups is 1. The van der Waals surface area contributed by atoms with E-state index in [1.807, 2.05) is 32.0 Å². The number of rotatable bonds is 4. The molecule has 1 spiro atoms. The SMILES string of the molecule is CC(C)CN1C(=O)N(C)C(=O)C12CCN(C(=O)Cc1ccccn1)CC2. The quantitative estimate of drug-likeness (QED) is 0.765. The van der Waals surface area contributed by atoms with Gasteiger partial charge in [-0.05, 0) is 30.9 Å². The molecule has 3 heterocycles. The summed E-state index contributed by atoms with van der Waals surface area (Å²) in [5.41, 5.74) is -0.0520. The van der Waals surface area contributed by atoms with Gasteiger partial charge in [-0.15, -0.1) is 0 Å². The molecule has 0 aromatic carbocycles. The maximum absolute atomic E-state index is 12.8. The molecule has 4 amide bonds. The zero-order valence-electron chi connectivity index (χ0n) is 15.6. The normalized spacial score (nSPS) is 19.8. The molecule has 1 aromatic heterocycles. The van der Waals surface area contributed by atoms with Gasteiger partial charge in [-0.2, -0.15) is 0 Å². The third kappa shape index (κ3) is 3.18. The Morgan fingerprint density at radius 3 is 2.50 bits per heavy atom. The van der Waals surface area contributed by atoms with Crippen molar-refractivity contribution in [2.24, 2.45) is 5.92 Å². The van der Waals surface area contributed by atoms with Crippen LogP contribution in [0.3, 0.4) is 0 Å². The van der Waals surface area contributed by atoms with Crippen LogP contribution in [0.25, 0.3) is 0 Å². The van der Waals surface area contributed by atoms with Crippen molar-refractivity contribution >= 4 is 17.8 Å². The Balaban J connectivity index is 1.70. The van der Waals surface area contributed by atoms with Crippen LogP contribution < -0.4 is 0 Å². The highest BCUT2D eigenvalue weighted by atomic mass is 16.2. The number of nitrogens with zero attached hydrogens (tertiary/aromatic N) is 4. The molecule has 0 N–H and O–H groups in total. The van der Waals surface area contributed by atoms with E-state index in [2.05, 4.69) is 4.98 Å². The molecular weight excluding hydrogens is 332 g/mol. The molecule has 1 aromatic rings. The van der Waals surface area contributed by atoms with Gasteiger partial charge < -0.3 is 9.80 Å². The molecule has 0 radical (unpaired) electrons. The lowest BCUT2D eigenvalue weighted by Gasteiger charge is -2.42. The highest BCUT2D eigenvalue weighted by Crippen LogP contribution is 2.37. The van der Waals surface area contributed by atoms with Crippen molar-refractivity contribution in [1.29, 1.82) is 0 Å². The maximum atomic E-state index is 12.8. The molecule has 26 heavy (non-hydrogen) atoms. The molecular formula is C19H26N4O3. The predicted molar refractivity (Wildman–Crippen MR) is 96.2 cm³/mol. The van der Waals surface area contributed by atoms with Crippen LogP contribution in [0.4, 0.5) is 4.79 Å². The van der Waals surface area contributed by atoms with Crippen LogP contribution in [0.15, 0.2) is 24.4 Å². The summed E-state index contributed by atoms with van der Waals surface area (Å²) in [4.78, 5) is 46.8. The molecule has 3 rings (SSSR count). The minimum Gasteiger partial charge on any atom is -0.342 e. The Morgan fingerprint density at radius 1 is 1.23 bits per heavy atom. The number of amides is 4. The number of likely N-dealkylation sites (N-methyl/N-ethyl adjacent to an activating group) is 1. The lowest BCUT2D eigenvalue weighted by Crippen LogP contribution is -2.58. The first-order chi connectivity index (χ1) is 12.3. The largest absolute Gasteiger partial charge is 0.342 e. The number of hydrogen-bond acceptors (Lipinski definition) is 4. The van der Waals surface area contributed by atoms with Crippen LogP contribution in [-0.2, 0) is 16.0 Å². The zero-order valence-corrected chi connectivity index (χ0v) is 15.6. The molecule has 0 bridgehead atoms. The van der Waals surface area contributed by atoms with E-state index in [1.165, 1.54) is 4.90 Å². The summed E-state index contributed by atoms with van der Waals surface area (Å²) in [6.45, 7) is 5.58. The van der Waals surface area contributed by atoms with Crippen LogP contribution in [0.2, 0.25) is 0 Å². The first-order valence-electron chi connectivity index (χ1n) is 9.12. The van der Waals surface area contributed by atoms with Gasteiger partial charge in [-0.3, -0.25) is 19.5 Å². The molecule has 140 valence electrons. The fourth-order valence-electron chi connectivity index (χ4n) is 3.88. The Kier molecular flexibility index (Phi) is 4.98. The molecule has 2 aliphatic rings. The second kappa shape index (κ2) is 7.05. The molecule has 0 atom stereocenters. The number of hydrogen-bond donors (Lipinski definition) is 0. The molecule has 7 heteroatoms. The first-order valence-corrected chi connectivity index (χ1v) is 9.12. The number of carbonyl (C=O) groups is 3. The average Bonchev–Trinajstić information content (AvgIpc) is 2.79. The standard InChI is InChI=1S/C19H26N4O3/c1-14(2)13-23-18(26)21(3)17(25)19(23)7-10-22(11-8-19)16(24)12-15-6-4-5-9-20-15/h4-6,9,14H,7-8,10-13H2,1-3H3. The third-order valence-corrected chi connectivity index (χ3v) is 5.29. The van der Waals surface area contributed by atoms with E-state index in [0.717, 1.165) is 5.69 Å². The summed E-state index contributed by atoms with van der Waals surface area (Å²) >= 11 is 0. The van der Waals surface area contributed by atoms with Gasteiger partial charge in [0.2, 0.25) is 5.91 Å². The Morgan fingerprint density at radius 2 is 1.92 bits per heavy atom. The van der Waals surface area contributed by atoms with Crippen molar-refractivity contribution in [3.05, 3.63) is 30.1 Å². The summed E-state index contributed by atoms with van der Waals surface area (Å²) in [6, 6.07) is 5.30. The fraction of sp³-hybridized carbons (Fsp3) is 0.579. The number of urea groups is 1. The molecule has 2 aliphatic heterocycles. The van der Waals surface area contributed by atoms with Gasteiger partial charge in [0.05, 0.1) is 6.42 Å². The summed E-state index contributed by atoms with van der Waals surface area (Å²) in [5.74, 6) is 0.151. The van der Waals surface area contributed by atoms with Crippen LogP contribution in [0, 0.1) is 5.92 Å². The number of carbonyl (C=O) groups excluding carboxylic acids is 3. The maximum Gasteiger partial charge on any atom is 0.327 e. The van der Waals surface area contributed by atoms with E-state index in [4.69, 9.17) is 0 Å². The van der Waals surface area contributed by atoms with Gasteiger partial charge in [0.1, 0.15) is 5.54 Å². The number of aromatic nitrogens is 1. The van der Waals surface area contributed by atoms with Crippen molar-refractivity contribution in [2.75, 3.05) is 26.7 Å². The van der Waals surface area contributed by atoms with Crippen molar-refractivity contribution in [1.82, 2.24) is 19.7 Å². The molecule has 0 aliphatic carbocycles. The Bertz CT molecular complexity index is 696. The van der Waals surface area contributed by atoms with Gasteiger partial charge in [0, 0.05) is 38.6 Å². The number of piperidine rings is 1. The zero-order chi connectivity index (χ0) is 18.9. The fourth-order valence-corrected chi connectivity index (χ4v) is 3.88. The lowest BCUT2D eigenvalue weighted by atomic mass is 9.85. The van der Waals surface area contributed by atoms with E-state index in [9.17, 15) is 14.4 Å². The lowest BCUT2D eigenvalue weighted by molar-refractivity contribution is -0.140. The van der Waals surface area contributed by atoms with E-state index >= 15 is 0 Å². The minimum absolute atomic E-state index is 0.0130. The van der Waals surface area contributed by atoms with E-state index in [1.54, 1.807) is 23.0 Å². The summed E-state index contributed by atoms with van der Waals surface area (Å²) in [5, 5.41) is 0. The third-order valence-electron chi connectivity index (χ3n) is 5.29. The van der Waals surface area contributed by atoms with Crippen LogP contribution in [-0.4, -0.2) is 69.8 Å². The summed E-state index contributed by atoms with van der Waals surface area (Å²) < 4.78 is 0. The molecule has 2 fully saturated rings. The highest BCUT2D eigenvalue weighted by Gasteiger charge is 2.57. The van der Waals surface area contributed by atoms with Crippen LogP contribution in [0.1, 0.15) is 32.4 Å². The predicted octanol–water partition coefficient (Wildman–Crippen LogP) is 1.54. The monoisotopic (exact) mass is 358 g/mol. The van der Waals surface area contributed by atoms with Crippen LogP contribution >= 0.6 is 0 Å².